The maximum Gasteiger partial charge on any atom is 0.283 e. The first-order valence-electron chi connectivity index (χ1n) is 7.20. The molecule has 0 saturated heterocycles. The van der Waals surface area contributed by atoms with E-state index in [1.165, 1.54) is 52.7 Å². The maximum absolute atomic E-state index is 13.6. The fourth-order valence-corrected chi connectivity index (χ4v) is 2.80. The Balaban J connectivity index is 1.91. The van der Waals surface area contributed by atoms with E-state index in [0.717, 1.165) is 0 Å². The summed E-state index contributed by atoms with van der Waals surface area (Å²) in [4.78, 5) is 34.6. The lowest BCUT2D eigenvalue weighted by Gasteiger charge is -2.14. The van der Waals surface area contributed by atoms with Crippen LogP contribution in [-0.4, -0.2) is 42.9 Å². The van der Waals surface area contributed by atoms with Gasteiger partial charge in [-0.15, -0.1) is 0 Å². The molecule has 1 aliphatic rings. The van der Waals surface area contributed by atoms with E-state index in [9.17, 15) is 14.0 Å². The third-order valence-electron chi connectivity index (χ3n) is 3.99. The molecule has 3 heterocycles. The molecule has 0 atom stereocenters. The standard InChI is InChI=1S/C16H12FN5O2/c1-20-7-13-14(16(24)21-5-4-18-8-21)19-9-22(13)12-3-2-10(17)6-11(12)15(20)23/h2-6,8-9H,7H2,1H3. The number of hydrogen-bond acceptors (Lipinski definition) is 4. The molecule has 0 radical (unpaired) electrons. The molecule has 0 bridgehead atoms. The Morgan fingerprint density at radius 1 is 1.29 bits per heavy atom. The number of benzene rings is 1. The lowest BCUT2D eigenvalue weighted by atomic mass is 10.1. The van der Waals surface area contributed by atoms with Crippen molar-refractivity contribution in [3.63, 3.8) is 0 Å². The van der Waals surface area contributed by atoms with Crippen molar-refractivity contribution >= 4 is 11.8 Å². The van der Waals surface area contributed by atoms with Crippen molar-refractivity contribution < 1.29 is 14.0 Å². The van der Waals surface area contributed by atoms with Crippen LogP contribution in [0.25, 0.3) is 5.69 Å². The van der Waals surface area contributed by atoms with Crippen LogP contribution >= 0.6 is 0 Å². The summed E-state index contributed by atoms with van der Waals surface area (Å²) < 4.78 is 16.5. The predicted molar refractivity (Wildman–Crippen MR) is 81.3 cm³/mol. The number of halogens is 1. The van der Waals surface area contributed by atoms with Gasteiger partial charge in [0.1, 0.15) is 18.5 Å². The molecule has 2 aromatic heterocycles. The Bertz CT molecular complexity index is 961. The number of carbonyl (C=O) groups is 2. The normalized spacial score (nSPS) is 13.4. The Hall–Kier alpha value is -3.29. The van der Waals surface area contributed by atoms with Gasteiger partial charge in [0.2, 0.25) is 0 Å². The summed E-state index contributed by atoms with van der Waals surface area (Å²) in [6.45, 7) is 0.185. The van der Waals surface area contributed by atoms with Gasteiger partial charge in [0.25, 0.3) is 11.8 Å². The van der Waals surface area contributed by atoms with Gasteiger partial charge in [0.05, 0.1) is 23.5 Å². The van der Waals surface area contributed by atoms with E-state index < -0.39 is 5.82 Å². The van der Waals surface area contributed by atoms with Crippen LogP contribution in [0.5, 0.6) is 0 Å². The highest BCUT2D eigenvalue weighted by Crippen LogP contribution is 2.26. The van der Waals surface area contributed by atoms with E-state index in [1.54, 1.807) is 11.6 Å². The predicted octanol–water partition coefficient (Wildman–Crippen LogP) is 1.48. The van der Waals surface area contributed by atoms with Crippen LogP contribution in [0.4, 0.5) is 4.39 Å². The molecule has 3 aromatic rings. The number of amides is 1. The first-order valence-corrected chi connectivity index (χ1v) is 7.20. The maximum atomic E-state index is 13.6. The molecule has 0 aliphatic carbocycles. The first-order chi connectivity index (χ1) is 11.6. The summed E-state index contributed by atoms with van der Waals surface area (Å²) in [5.74, 6) is -1.14. The van der Waals surface area contributed by atoms with E-state index in [0.29, 0.717) is 11.4 Å². The van der Waals surface area contributed by atoms with Crippen molar-refractivity contribution in [2.24, 2.45) is 0 Å². The van der Waals surface area contributed by atoms with E-state index in [4.69, 9.17) is 0 Å². The molecule has 120 valence electrons. The molecule has 4 rings (SSSR count). The zero-order chi connectivity index (χ0) is 16.8. The van der Waals surface area contributed by atoms with Crippen molar-refractivity contribution in [2.45, 2.75) is 6.54 Å². The summed E-state index contributed by atoms with van der Waals surface area (Å²) in [7, 11) is 1.60. The van der Waals surface area contributed by atoms with Gasteiger partial charge in [-0.1, -0.05) is 0 Å². The average molecular weight is 325 g/mol. The van der Waals surface area contributed by atoms with Crippen LogP contribution in [0, 0.1) is 5.82 Å². The summed E-state index contributed by atoms with van der Waals surface area (Å²) >= 11 is 0. The van der Waals surface area contributed by atoms with Crippen molar-refractivity contribution in [1.82, 2.24) is 24.0 Å². The van der Waals surface area contributed by atoms with Gasteiger partial charge in [-0.25, -0.2) is 14.4 Å². The molecule has 0 fully saturated rings. The highest BCUT2D eigenvalue weighted by Gasteiger charge is 2.29. The minimum Gasteiger partial charge on any atom is -0.336 e. The van der Waals surface area contributed by atoms with Crippen LogP contribution in [0.15, 0.2) is 43.2 Å². The van der Waals surface area contributed by atoms with Crippen LogP contribution in [0.3, 0.4) is 0 Å². The minimum atomic E-state index is -0.492. The van der Waals surface area contributed by atoms with Crippen LogP contribution in [0.1, 0.15) is 26.5 Å². The fourth-order valence-electron chi connectivity index (χ4n) is 2.80. The topological polar surface area (TPSA) is 73.0 Å². The Morgan fingerprint density at radius 2 is 2.12 bits per heavy atom. The molecule has 8 heteroatoms. The molecular weight excluding hydrogens is 313 g/mol. The zero-order valence-electron chi connectivity index (χ0n) is 12.7. The molecule has 0 unspecified atom stereocenters. The van der Waals surface area contributed by atoms with Gasteiger partial charge >= 0.3 is 0 Å². The first kappa shape index (κ1) is 14.3. The van der Waals surface area contributed by atoms with E-state index in [-0.39, 0.29) is 29.6 Å². The molecule has 1 aromatic carbocycles. The number of fused-ring (bicyclic) bond motifs is 3. The second-order valence-corrected chi connectivity index (χ2v) is 5.51. The quantitative estimate of drug-likeness (QED) is 0.679. The number of rotatable bonds is 1. The molecule has 7 nitrogen and oxygen atoms in total. The molecule has 24 heavy (non-hydrogen) atoms. The van der Waals surface area contributed by atoms with Crippen molar-refractivity contribution in [1.29, 1.82) is 0 Å². The average Bonchev–Trinajstić information content (AvgIpc) is 3.21. The highest BCUT2D eigenvalue weighted by atomic mass is 19.1. The summed E-state index contributed by atoms with van der Waals surface area (Å²) in [5, 5.41) is 0. The van der Waals surface area contributed by atoms with Gasteiger partial charge in [0, 0.05) is 19.4 Å². The van der Waals surface area contributed by atoms with Gasteiger partial charge < -0.3 is 4.90 Å². The van der Waals surface area contributed by atoms with Crippen LogP contribution in [0.2, 0.25) is 0 Å². The summed E-state index contributed by atoms with van der Waals surface area (Å²) in [5.41, 5.74) is 1.52. The SMILES string of the molecule is CN1Cc2c(C(=O)n3ccnc3)ncn2-c2ccc(F)cc2C1=O. The monoisotopic (exact) mass is 325 g/mol. The molecule has 1 aliphatic heterocycles. The highest BCUT2D eigenvalue weighted by molar-refractivity contribution is 5.99. The smallest absolute Gasteiger partial charge is 0.283 e. The van der Waals surface area contributed by atoms with E-state index in [2.05, 4.69) is 9.97 Å². The van der Waals surface area contributed by atoms with Crippen molar-refractivity contribution in [3.8, 4) is 5.69 Å². The van der Waals surface area contributed by atoms with Gasteiger partial charge in [0.15, 0.2) is 5.69 Å². The largest absolute Gasteiger partial charge is 0.336 e. The molecule has 1 amide bonds. The van der Waals surface area contributed by atoms with Crippen molar-refractivity contribution in [3.05, 3.63) is 66.0 Å². The Kier molecular flexibility index (Phi) is 3.05. The number of hydrogen-bond donors (Lipinski definition) is 0. The number of nitrogens with zero attached hydrogens (tertiary/aromatic N) is 5. The second kappa shape index (κ2) is 5.12. The van der Waals surface area contributed by atoms with E-state index in [1.807, 2.05) is 0 Å². The van der Waals surface area contributed by atoms with Crippen LogP contribution in [-0.2, 0) is 6.54 Å². The van der Waals surface area contributed by atoms with E-state index >= 15 is 0 Å². The van der Waals surface area contributed by atoms with Crippen LogP contribution < -0.4 is 0 Å². The lowest BCUT2D eigenvalue weighted by molar-refractivity contribution is 0.0784. The Morgan fingerprint density at radius 3 is 2.88 bits per heavy atom. The van der Waals surface area contributed by atoms with Gasteiger partial charge in [-0.2, -0.15) is 0 Å². The summed E-state index contributed by atoms with van der Waals surface area (Å²) in [6.07, 6.45) is 5.90. The number of aromatic nitrogens is 4. The molecular formula is C16H12FN5O2. The third kappa shape index (κ3) is 2.03. The molecule has 0 saturated carbocycles. The minimum absolute atomic E-state index is 0.185. The van der Waals surface area contributed by atoms with Crippen molar-refractivity contribution in [2.75, 3.05) is 7.05 Å². The Labute approximate surface area is 136 Å². The zero-order valence-corrected chi connectivity index (χ0v) is 12.7. The third-order valence-corrected chi connectivity index (χ3v) is 3.99. The number of imidazole rings is 2. The van der Waals surface area contributed by atoms with Gasteiger partial charge in [-0.05, 0) is 18.2 Å². The molecule has 0 N–H and O–H groups in total. The fraction of sp³-hybridized carbons (Fsp3) is 0.125. The van der Waals surface area contributed by atoms with Gasteiger partial charge in [-0.3, -0.25) is 18.7 Å². The molecule has 0 spiro atoms. The lowest BCUT2D eigenvalue weighted by Crippen LogP contribution is -2.26. The second-order valence-electron chi connectivity index (χ2n) is 5.51. The summed E-state index contributed by atoms with van der Waals surface area (Å²) in [6, 6.07) is 3.98. The number of carbonyl (C=O) groups excluding carboxylic acids is 2.